The van der Waals surface area contributed by atoms with E-state index in [0.29, 0.717) is 6.54 Å². The summed E-state index contributed by atoms with van der Waals surface area (Å²) in [4.78, 5) is 16.2. The second-order valence-electron chi connectivity index (χ2n) is 5.73. The summed E-state index contributed by atoms with van der Waals surface area (Å²) in [7, 11) is 1.80. The molecule has 1 fully saturated rings. The van der Waals surface area contributed by atoms with Crippen LogP contribution in [0.3, 0.4) is 0 Å². The Morgan fingerprint density at radius 1 is 1.50 bits per heavy atom. The lowest BCUT2D eigenvalue weighted by atomic mass is 9.92. The zero-order chi connectivity index (χ0) is 14.9. The van der Waals surface area contributed by atoms with Crippen LogP contribution in [0.25, 0.3) is 0 Å². The van der Waals surface area contributed by atoms with Gasteiger partial charge in [-0.2, -0.15) is 5.26 Å². The number of benzene rings is 1. The Labute approximate surface area is 128 Å². The number of piperazine rings is 1. The van der Waals surface area contributed by atoms with Gasteiger partial charge in [-0.3, -0.25) is 4.79 Å². The summed E-state index contributed by atoms with van der Waals surface area (Å²) in [6.07, 6.45) is 0.194. The van der Waals surface area contributed by atoms with E-state index >= 15 is 0 Å². The van der Waals surface area contributed by atoms with Crippen LogP contribution in [-0.4, -0.2) is 36.0 Å². The maximum atomic E-state index is 12.4. The van der Waals surface area contributed by atoms with Gasteiger partial charge in [0.15, 0.2) is 0 Å². The topological polar surface area (TPSA) is 47.3 Å². The van der Waals surface area contributed by atoms with Gasteiger partial charge in [-0.1, -0.05) is 22.0 Å². The molecular formula is C15H18BrN3O. The molecule has 20 heavy (non-hydrogen) atoms. The average Bonchev–Trinajstić information content (AvgIpc) is 2.35. The van der Waals surface area contributed by atoms with Crippen LogP contribution >= 0.6 is 15.9 Å². The van der Waals surface area contributed by atoms with E-state index in [2.05, 4.69) is 40.7 Å². The van der Waals surface area contributed by atoms with Crippen molar-refractivity contribution in [3.63, 3.8) is 0 Å². The van der Waals surface area contributed by atoms with Gasteiger partial charge in [-0.25, -0.2) is 0 Å². The lowest BCUT2D eigenvalue weighted by Crippen LogP contribution is -2.66. The third-order valence-electron chi connectivity index (χ3n) is 3.62. The van der Waals surface area contributed by atoms with E-state index in [9.17, 15) is 4.79 Å². The van der Waals surface area contributed by atoms with Gasteiger partial charge in [0.1, 0.15) is 6.04 Å². The number of nitriles is 1. The molecule has 4 nitrogen and oxygen atoms in total. The smallest absolute Gasteiger partial charge is 0.246 e. The van der Waals surface area contributed by atoms with Gasteiger partial charge in [0.05, 0.1) is 18.0 Å². The fourth-order valence-electron chi connectivity index (χ4n) is 2.94. The molecule has 0 N–H and O–H groups in total. The van der Waals surface area contributed by atoms with Crippen LogP contribution < -0.4 is 4.90 Å². The standard InChI is InChI=1S/C15H18BrN3O/c1-15(2)10-18(3)14(20)13(7-8-17)19(15)12-6-4-5-11(16)9-12/h4-6,9,13H,7,10H2,1-3H3. The average molecular weight is 336 g/mol. The Bertz CT molecular complexity index is 564. The number of amides is 1. The summed E-state index contributed by atoms with van der Waals surface area (Å²) in [6.45, 7) is 4.84. The number of rotatable bonds is 2. The predicted octanol–water partition coefficient (Wildman–Crippen LogP) is 2.79. The number of hydrogen-bond donors (Lipinski definition) is 0. The fourth-order valence-corrected chi connectivity index (χ4v) is 3.33. The number of hydrogen-bond acceptors (Lipinski definition) is 3. The molecule has 1 aliphatic heterocycles. The Morgan fingerprint density at radius 2 is 2.20 bits per heavy atom. The molecule has 0 aliphatic carbocycles. The van der Waals surface area contributed by atoms with Gasteiger partial charge in [-0.05, 0) is 32.0 Å². The maximum Gasteiger partial charge on any atom is 0.246 e. The van der Waals surface area contributed by atoms with Crippen LogP contribution in [-0.2, 0) is 4.79 Å². The summed E-state index contributed by atoms with van der Waals surface area (Å²) < 4.78 is 0.966. The van der Waals surface area contributed by atoms with E-state index in [1.54, 1.807) is 11.9 Å². The van der Waals surface area contributed by atoms with Crippen molar-refractivity contribution in [2.75, 3.05) is 18.5 Å². The number of halogens is 1. The minimum Gasteiger partial charge on any atom is -0.352 e. The summed E-state index contributed by atoms with van der Waals surface area (Å²) in [5.41, 5.74) is 0.747. The second-order valence-corrected chi connectivity index (χ2v) is 6.65. The molecule has 1 saturated heterocycles. The van der Waals surface area contributed by atoms with E-state index in [-0.39, 0.29) is 17.9 Å². The molecule has 1 amide bonds. The van der Waals surface area contributed by atoms with Crippen LogP contribution in [0.15, 0.2) is 28.7 Å². The van der Waals surface area contributed by atoms with Gasteiger partial charge in [0, 0.05) is 23.8 Å². The first kappa shape index (κ1) is 14.9. The van der Waals surface area contributed by atoms with Gasteiger partial charge < -0.3 is 9.80 Å². The first-order valence-corrected chi connectivity index (χ1v) is 7.33. The maximum absolute atomic E-state index is 12.4. The SMILES string of the molecule is CN1CC(C)(C)N(c2cccc(Br)c2)C(CC#N)C1=O. The molecule has 0 radical (unpaired) electrons. The van der Waals surface area contributed by atoms with Crippen LogP contribution in [0.5, 0.6) is 0 Å². The third kappa shape index (κ3) is 2.66. The molecule has 1 aliphatic rings. The molecule has 0 bridgehead atoms. The molecule has 1 atom stereocenters. The van der Waals surface area contributed by atoms with Crippen LogP contribution in [0.2, 0.25) is 0 Å². The molecule has 5 heteroatoms. The van der Waals surface area contributed by atoms with Crippen LogP contribution in [0.1, 0.15) is 20.3 Å². The van der Waals surface area contributed by atoms with Crippen molar-refractivity contribution < 1.29 is 4.79 Å². The van der Waals surface area contributed by atoms with E-state index < -0.39 is 6.04 Å². The lowest BCUT2D eigenvalue weighted by molar-refractivity contribution is -0.134. The normalized spacial score (nSPS) is 21.8. The first-order valence-electron chi connectivity index (χ1n) is 6.53. The van der Waals surface area contributed by atoms with E-state index in [1.165, 1.54) is 0 Å². The molecule has 0 saturated carbocycles. The summed E-state index contributed by atoms with van der Waals surface area (Å²) in [6, 6.07) is 9.58. The molecule has 106 valence electrons. The molecule has 0 aromatic heterocycles. The Kier molecular flexibility index (Phi) is 4.05. The van der Waals surface area contributed by atoms with Crippen molar-refractivity contribution in [2.24, 2.45) is 0 Å². The van der Waals surface area contributed by atoms with Crippen molar-refractivity contribution >= 4 is 27.5 Å². The molecular weight excluding hydrogens is 318 g/mol. The number of anilines is 1. The van der Waals surface area contributed by atoms with Gasteiger partial charge in [0.25, 0.3) is 0 Å². The van der Waals surface area contributed by atoms with Crippen LogP contribution in [0, 0.1) is 11.3 Å². The highest BCUT2D eigenvalue weighted by molar-refractivity contribution is 9.10. The third-order valence-corrected chi connectivity index (χ3v) is 4.11. The molecule has 1 unspecified atom stereocenters. The first-order chi connectivity index (χ1) is 9.36. The van der Waals surface area contributed by atoms with Crippen molar-refractivity contribution in [2.45, 2.75) is 31.8 Å². The highest BCUT2D eigenvalue weighted by Crippen LogP contribution is 2.34. The van der Waals surface area contributed by atoms with E-state index in [4.69, 9.17) is 5.26 Å². The van der Waals surface area contributed by atoms with Crippen molar-refractivity contribution in [1.82, 2.24) is 4.90 Å². The summed E-state index contributed by atoms with van der Waals surface area (Å²) in [5.74, 6) is 0.00542. The molecule has 1 heterocycles. The lowest BCUT2D eigenvalue weighted by Gasteiger charge is -2.51. The number of carbonyl (C=O) groups excluding carboxylic acids is 1. The monoisotopic (exact) mass is 335 g/mol. The Hall–Kier alpha value is -1.54. The van der Waals surface area contributed by atoms with Crippen molar-refractivity contribution in [3.8, 4) is 6.07 Å². The molecule has 1 aromatic carbocycles. The predicted molar refractivity (Wildman–Crippen MR) is 82.4 cm³/mol. The minimum atomic E-state index is -0.428. The molecule has 2 rings (SSSR count). The quantitative estimate of drug-likeness (QED) is 0.834. The van der Waals surface area contributed by atoms with Crippen molar-refractivity contribution in [1.29, 1.82) is 5.26 Å². The van der Waals surface area contributed by atoms with E-state index in [1.807, 2.05) is 24.3 Å². The van der Waals surface area contributed by atoms with Gasteiger partial charge in [-0.15, -0.1) is 0 Å². The second kappa shape index (κ2) is 5.45. The summed E-state index contributed by atoms with van der Waals surface area (Å²) >= 11 is 3.47. The van der Waals surface area contributed by atoms with Gasteiger partial charge >= 0.3 is 0 Å². The highest BCUT2D eigenvalue weighted by Gasteiger charge is 2.43. The minimum absolute atomic E-state index is 0.00542. The zero-order valence-electron chi connectivity index (χ0n) is 11.9. The number of carbonyl (C=O) groups is 1. The summed E-state index contributed by atoms with van der Waals surface area (Å²) in [5, 5.41) is 9.06. The van der Waals surface area contributed by atoms with Gasteiger partial charge in [0.2, 0.25) is 5.91 Å². The fraction of sp³-hybridized carbons (Fsp3) is 0.467. The van der Waals surface area contributed by atoms with Crippen molar-refractivity contribution in [3.05, 3.63) is 28.7 Å². The molecule has 1 aromatic rings. The molecule has 0 spiro atoms. The van der Waals surface area contributed by atoms with Crippen LogP contribution in [0.4, 0.5) is 5.69 Å². The van der Waals surface area contributed by atoms with E-state index in [0.717, 1.165) is 10.2 Å². The largest absolute Gasteiger partial charge is 0.352 e. The zero-order valence-corrected chi connectivity index (χ0v) is 13.5. The number of nitrogens with zero attached hydrogens (tertiary/aromatic N) is 3. The Morgan fingerprint density at radius 3 is 2.80 bits per heavy atom. The Balaban J connectivity index is 2.49. The number of likely N-dealkylation sites (N-methyl/N-ethyl adjacent to an activating group) is 1. The highest BCUT2D eigenvalue weighted by atomic mass is 79.9.